The molecule has 3 heterocycles. The van der Waals surface area contributed by atoms with E-state index in [9.17, 15) is 4.79 Å². The van der Waals surface area contributed by atoms with E-state index < -0.39 is 0 Å². The maximum atomic E-state index is 12.7. The standard InChI is InChI=1S/C27H26N2O4/c30-26-17-24(32-18-20-6-2-1-3-7-20)13-14-29(26)23-11-12-25-21(16-23)9-10-22(28-25)19-33-27-8-4-5-15-31-27/h1-3,6-7,9-14,16-17,27H,4-5,8,15,18-19H2. The van der Waals surface area contributed by atoms with Crippen LogP contribution in [0.4, 0.5) is 0 Å². The number of hydrogen-bond donors (Lipinski definition) is 0. The van der Waals surface area contributed by atoms with Crippen molar-refractivity contribution in [2.24, 2.45) is 0 Å². The fourth-order valence-corrected chi connectivity index (χ4v) is 3.91. The molecule has 2 aromatic carbocycles. The Morgan fingerprint density at radius 1 is 0.970 bits per heavy atom. The van der Waals surface area contributed by atoms with Gasteiger partial charge in [0.2, 0.25) is 0 Å². The SMILES string of the molecule is O=c1cc(OCc2ccccc2)ccn1-c1ccc2nc(COC3CCCCO3)ccc2c1. The Labute approximate surface area is 192 Å². The van der Waals surface area contributed by atoms with Crippen LogP contribution in [0.2, 0.25) is 0 Å². The first-order valence-corrected chi connectivity index (χ1v) is 11.3. The van der Waals surface area contributed by atoms with Crippen LogP contribution >= 0.6 is 0 Å². The van der Waals surface area contributed by atoms with Gasteiger partial charge >= 0.3 is 0 Å². The second kappa shape index (κ2) is 9.98. The molecule has 2 aromatic heterocycles. The van der Waals surface area contributed by atoms with Gasteiger partial charge in [0.25, 0.3) is 5.56 Å². The highest BCUT2D eigenvalue weighted by Crippen LogP contribution is 2.20. The van der Waals surface area contributed by atoms with E-state index in [4.69, 9.17) is 19.2 Å². The quantitative estimate of drug-likeness (QED) is 0.403. The molecule has 5 rings (SSSR count). The van der Waals surface area contributed by atoms with Crippen molar-refractivity contribution in [3.8, 4) is 11.4 Å². The zero-order chi connectivity index (χ0) is 22.5. The van der Waals surface area contributed by atoms with Gasteiger partial charge < -0.3 is 14.2 Å². The molecule has 1 fully saturated rings. The van der Waals surface area contributed by atoms with Crippen LogP contribution in [-0.2, 0) is 22.7 Å². The van der Waals surface area contributed by atoms with Crippen LogP contribution in [-0.4, -0.2) is 22.4 Å². The maximum Gasteiger partial charge on any atom is 0.258 e. The van der Waals surface area contributed by atoms with Gasteiger partial charge in [-0.3, -0.25) is 14.3 Å². The van der Waals surface area contributed by atoms with E-state index >= 15 is 0 Å². The molecular formula is C27H26N2O4. The summed E-state index contributed by atoms with van der Waals surface area (Å²) < 4.78 is 18.8. The number of benzene rings is 2. The molecule has 4 aromatic rings. The summed E-state index contributed by atoms with van der Waals surface area (Å²) in [6, 6.07) is 22.9. The van der Waals surface area contributed by atoms with Crippen LogP contribution in [0.3, 0.4) is 0 Å². The van der Waals surface area contributed by atoms with Crippen LogP contribution in [0.15, 0.2) is 83.8 Å². The van der Waals surface area contributed by atoms with E-state index in [2.05, 4.69) is 0 Å². The zero-order valence-corrected chi connectivity index (χ0v) is 18.4. The highest BCUT2D eigenvalue weighted by atomic mass is 16.7. The third-order valence-electron chi connectivity index (χ3n) is 5.70. The van der Waals surface area contributed by atoms with Crippen molar-refractivity contribution in [3.63, 3.8) is 0 Å². The van der Waals surface area contributed by atoms with Crippen LogP contribution < -0.4 is 10.3 Å². The smallest absolute Gasteiger partial charge is 0.258 e. The average molecular weight is 443 g/mol. The predicted octanol–water partition coefficient (Wildman–Crippen LogP) is 5.01. The molecule has 0 N–H and O–H groups in total. The first kappa shape index (κ1) is 21.4. The number of ether oxygens (including phenoxy) is 3. The number of rotatable bonds is 7. The highest BCUT2D eigenvalue weighted by Gasteiger charge is 2.14. The van der Waals surface area contributed by atoms with Crippen LogP contribution in [0.25, 0.3) is 16.6 Å². The van der Waals surface area contributed by atoms with Crippen molar-refractivity contribution in [2.45, 2.75) is 38.8 Å². The van der Waals surface area contributed by atoms with Gasteiger partial charge in [-0.2, -0.15) is 0 Å². The third-order valence-corrected chi connectivity index (χ3v) is 5.70. The van der Waals surface area contributed by atoms with Crippen LogP contribution in [0.5, 0.6) is 5.75 Å². The van der Waals surface area contributed by atoms with Gasteiger partial charge in [0, 0.05) is 29.9 Å². The van der Waals surface area contributed by atoms with Gasteiger partial charge in [-0.25, -0.2) is 0 Å². The molecule has 1 atom stereocenters. The normalized spacial score (nSPS) is 16.1. The van der Waals surface area contributed by atoms with Crippen LogP contribution in [0, 0.1) is 0 Å². The molecule has 1 aliphatic heterocycles. The number of nitrogens with zero attached hydrogens (tertiary/aromatic N) is 2. The molecule has 0 radical (unpaired) electrons. The minimum Gasteiger partial charge on any atom is -0.489 e. The number of aromatic nitrogens is 2. The average Bonchev–Trinajstić information content (AvgIpc) is 2.87. The summed E-state index contributed by atoms with van der Waals surface area (Å²) in [4.78, 5) is 17.4. The molecule has 1 unspecified atom stereocenters. The number of pyridine rings is 2. The summed E-state index contributed by atoms with van der Waals surface area (Å²) in [6.07, 6.45) is 4.78. The maximum absolute atomic E-state index is 12.7. The summed E-state index contributed by atoms with van der Waals surface area (Å²) in [7, 11) is 0. The van der Waals surface area contributed by atoms with Gasteiger partial charge in [0.05, 0.1) is 17.8 Å². The van der Waals surface area contributed by atoms with Gasteiger partial charge in [-0.05, 0) is 55.2 Å². The van der Waals surface area contributed by atoms with Crippen molar-refractivity contribution < 1.29 is 14.2 Å². The minimum absolute atomic E-state index is 0.134. The van der Waals surface area contributed by atoms with Crippen molar-refractivity contribution in [1.29, 1.82) is 0 Å². The van der Waals surface area contributed by atoms with E-state index in [1.54, 1.807) is 16.8 Å². The molecule has 168 valence electrons. The second-order valence-corrected chi connectivity index (χ2v) is 8.13. The van der Waals surface area contributed by atoms with Gasteiger partial charge in [-0.1, -0.05) is 36.4 Å². The predicted molar refractivity (Wildman–Crippen MR) is 126 cm³/mol. The Bertz CT molecular complexity index is 1280. The fourth-order valence-electron chi connectivity index (χ4n) is 3.91. The summed E-state index contributed by atoms with van der Waals surface area (Å²) in [5.74, 6) is 0.550. The summed E-state index contributed by atoms with van der Waals surface area (Å²) in [5.41, 5.74) is 3.41. The molecular weight excluding hydrogens is 416 g/mol. The Morgan fingerprint density at radius 3 is 2.70 bits per heavy atom. The summed E-state index contributed by atoms with van der Waals surface area (Å²) in [5, 5.41) is 0.960. The van der Waals surface area contributed by atoms with E-state index in [0.29, 0.717) is 19.0 Å². The molecule has 0 saturated carbocycles. The first-order valence-electron chi connectivity index (χ1n) is 11.3. The molecule has 6 heteroatoms. The molecule has 0 bridgehead atoms. The molecule has 0 amide bonds. The van der Waals surface area contributed by atoms with Gasteiger partial charge in [0.15, 0.2) is 6.29 Å². The largest absolute Gasteiger partial charge is 0.489 e. The Kier molecular flexibility index (Phi) is 6.46. The molecule has 1 aliphatic rings. The van der Waals surface area contributed by atoms with E-state index in [1.165, 1.54) is 6.07 Å². The van der Waals surface area contributed by atoms with E-state index in [0.717, 1.165) is 53.7 Å². The lowest BCUT2D eigenvalue weighted by molar-refractivity contribution is -0.169. The van der Waals surface area contributed by atoms with Crippen molar-refractivity contribution in [2.75, 3.05) is 6.61 Å². The van der Waals surface area contributed by atoms with Crippen molar-refractivity contribution in [1.82, 2.24) is 9.55 Å². The number of hydrogen-bond acceptors (Lipinski definition) is 5. The highest BCUT2D eigenvalue weighted by molar-refractivity contribution is 5.81. The van der Waals surface area contributed by atoms with E-state index in [1.807, 2.05) is 60.7 Å². The molecule has 6 nitrogen and oxygen atoms in total. The Hall–Kier alpha value is -3.48. The Balaban J connectivity index is 1.28. The first-order chi connectivity index (χ1) is 16.2. The van der Waals surface area contributed by atoms with Gasteiger partial charge in [-0.15, -0.1) is 0 Å². The Morgan fingerprint density at radius 2 is 1.88 bits per heavy atom. The van der Waals surface area contributed by atoms with Crippen molar-refractivity contribution >= 4 is 10.9 Å². The molecule has 33 heavy (non-hydrogen) atoms. The zero-order valence-electron chi connectivity index (χ0n) is 18.4. The monoisotopic (exact) mass is 442 g/mol. The van der Waals surface area contributed by atoms with Crippen molar-refractivity contribution in [3.05, 3.63) is 101 Å². The molecule has 0 aliphatic carbocycles. The molecule has 0 spiro atoms. The minimum atomic E-state index is -0.148. The van der Waals surface area contributed by atoms with Gasteiger partial charge in [0.1, 0.15) is 12.4 Å². The lowest BCUT2D eigenvalue weighted by Crippen LogP contribution is -2.22. The lowest BCUT2D eigenvalue weighted by Gasteiger charge is -2.22. The topological polar surface area (TPSA) is 62.6 Å². The number of fused-ring (bicyclic) bond motifs is 1. The summed E-state index contributed by atoms with van der Waals surface area (Å²) in [6.45, 7) is 1.61. The fraction of sp³-hybridized carbons (Fsp3) is 0.259. The van der Waals surface area contributed by atoms with Crippen LogP contribution in [0.1, 0.15) is 30.5 Å². The third kappa shape index (κ3) is 5.30. The summed E-state index contributed by atoms with van der Waals surface area (Å²) >= 11 is 0. The molecule has 1 saturated heterocycles. The second-order valence-electron chi connectivity index (χ2n) is 8.13. The van der Waals surface area contributed by atoms with E-state index in [-0.39, 0.29) is 11.8 Å². The lowest BCUT2D eigenvalue weighted by atomic mass is 10.1.